The number of halogens is 2. The number of benzene rings is 1. The highest BCUT2D eigenvalue weighted by molar-refractivity contribution is 5.75. The third kappa shape index (κ3) is 1.61. The van der Waals surface area contributed by atoms with E-state index in [2.05, 4.69) is 15.3 Å². The van der Waals surface area contributed by atoms with E-state index in [0.29, 0.717) is 11.0 Å². The van der Waals surface area contributed by atoms with Gasteiger partial charge in [0.1, 0.15) is 5.82 Å². The Morgan fingerprint density at radius 3 is 2.76 bits per heavy atom. The highest BCUT2D eigenvalue weighted by atomic mass is 19.2. The Labute approximate surface area is 97.2 Å². The first-order chi connectivity index (χ1) is 8.08. The number of rotatable bonds is 1. The largest absolute Gasteiger partial charge is 0.340 e. The first-order valence-electron chi connectivity index (χ1n) is 5.69. The Morgan fingerprint density at radius 2 is 2.06 bits per heavy atom. The van der Waals surface area contributed by atoms with E-state index in [4.69, 9.17) is 0 Å². The van der Waals surface area contributed by atoms with Crippen molar-refractivity contribution in [3.8, 4) is 0 Å². The zero-order valence-electron chi connectivity index (χ0n) is 9.48. The van der Waals surface area contributed by atoms with Crippen molar-refractivity contribution in [2.45, 2.75) is 25.3 Å². The molecule has 0 amide bonds. The van der Waals surface area contributed by atoms with Crippen molar-refractivity contribution in [1.29, 1.82) is 0 Å². The van der Waals surface area contributed by atoms with E-state index in [1.54, 1.807) is 0 Å². The van der Waals surface area contributed by atoms with Gasteiger partial charge in [0.15, 0.2) is 11.6 Å². The average Bonchev–Trinajstić information content (AvgIpc) is 2.87. The molecule has 90 valence electrons. The normalized spacial score (nSPS) is 24.6. The lowest BCUT2D eigenvalue weighted by atomic mass is 10.00. The highest BCUT2D eigenvalue weighted by Crippen LogP contribution is 2.30. The van der Waals surface area contributed by atoms with Gasteiger partial charge in [0.25, 0.3) is 0 Å². The molecular formula is C12H13F2N3. The maximum atomic E-state index is 13.1. The van der Waals surface area contributed by atoms with Crippen LogP contribution in [0.1, 0.15) is 25.6 Å². The van der Waals surface area contributed by atoms with E-state index in [-0.39, 0.29) is 5.54 Å². The molecule has 2 aromatic rings. The van der Waals surface area contributed by atoms with Crippen LogP contribution in [0.15, 0.2) is 12.1 Å². The second-order valence-corrected chi connectivity index (χ2v) is 4.73. The molecular weight excluding hydrogens is 224 g/mol. The molecule has 0 aliphatic carbocycles. The number of imidazole rings is 1. The number of nitrogens with zero attached hydrogens (tertiary/aromatic N) is 1. The van der Waals surface area contributed by atoms with Gasteiger partial charge in [0.05, 0.1) is 16.6 Å². The smallest absolute Gasteiger partial charge is 0.161 e. The lowest BCUT2D eigenvalue weighted by Crippen LogP contribution is -2.34. The average molecular weight is 237 g/mol. The van der Waals surface area contributed by atoms with Crippen LogP contribution in [0, 0.1) is 11.6 Å². The predicted molar refractivity (Wildman–Crippen MR) is 60.6 cm³/mol. The third-order valence-corrected chi connectivity index (χ3v) is 3.42. The third-order valence-electron chi connectivity index (χ3n) is 3.42. The van der Waals surface area contributed by atoms with E-state index < -0.39 is 11.6 Å². The number of fused-ring (bicyclic) bond motifs is 1. The summed E-state index contributed by atoms with van der Waals surface area (Å²) in [6.45, 7) is 2.99. The molecule has 0 radical (unpaired) electrons. The van der Waals surface area contributed by atoms with Gasteiger partial charge in [0.2, 0.25) is 0 Å². The van der Waals surface area contributed by atoms with E-state index >= 15 is 0 Å². The second kappa shape index (κ2) is 3.50. The number of nitrogens with one attached hydrogen (secondary N) is 2. The number of hydrogen-bond donors (Lipinski definition) is 2. The molecule has 2 N–H and O–H groups in total. The fourth-order valence-corrected chi connectivity index (χ4v) is 2.36. The quantitative estimate of drug-likeness (QED) is 0.799. The topological polar surface area (TPSA) is 40.7 Å². The Balaban J connectivity index is 2.13. The van der Waals surface area contributed by atoms with Crippen molar-refractivity contribution in [2.24, 2.45) is 0 Å². The van der Waals surface area contributed by atoms with Gasteiger partial charge in [-0.15, -0.1) is 0 Å². The van der Waals surface area contributed by atoms with Crippen molar-refractivity contribution in [1.82, 2.24) is 15.3 Å². The van der Waals surface area contributed by atoms with E-state index in [1.807, 2.05) is 6.92 Å². The SMILES string of the molecule is CC1(c2nc3cc(F)c(F)cc3[nH]2)CCCN1. The van der Waals surface area contributed by atoms with Gasteiger partial charge in [-0.25, -0.2) is 13.8 Å². The summed E-state index contributed by atoms with van der Waals surface area (Å²) in [5.41, 5.74) is 0.786. The molecule has 2 heterocycles. The summed E-state index contributed by atoms with van der Waals surface area (Å²) in [5, 5.41) is 3.36. The summed E-state index contributed by atoms with van der Waals surface area (Å²) in [4.78, 5) is 7.41. The van der Waals surface area contributed by atoms with Crippen LogP contribution in [-0.4, -0.2) is 16.5 Å². The summed E-state index contributed by atoms with van der Waals surface area (Å²) < 4.78 is 26.2. The van der Waals surface area contributed by atoms with Crippen LogP contribution in [0.3, 0.4) is 0 Å². The molecule has 1 aliphatic heterocycles. The van der Waals surface area contributed by atoms with Crippen molar-refractivity contribution in [2.75, 3.05) is 6.54 Å². The molecule has 1 unspecified atom stereocenters. The molecule has 1 atom stereocenters. The lowest BCUT2D eigenvalue weighted by Gasteiger charge is -2.21. The van der Waals surface area contributed by atoms with Gasteiger partial charge in [0, 0.05) is 12.1 Å². The number of hydrogen-bond acceptors (Lipinski definition) is 2. The fraction of sp³-hybridized carbons (Fsp3) is 0.417. The van der Waals surface area contributed by atoms with Crippen LogP contribution in [0.2, 0.25) is 0 Å². The van der Waals surface area contributed by atoms with E-state index in [1.165, 1.54) is 0 Å². The van der Waals surface area contributed by atoms with Crippen LogP contribution < -0.4 is 5.32 Å². The molecule has 3 nitrogen and oxygen atoms in total. The summed E-state index contributed by atoms with van der Waals surface area (Å²) in [7, 11) is 0. The molecule has 3 rings (SSSR count). The maximum Gasteiger partial charge on any atom is 0.161 e. The summed E-state index contributed by atoms with van der Waals surface area (Å²) in [6.07, 6.45) is 2.05. The predicted octanol–water partition coefficient (Wildman–Crippen LogP) is 2.44. The van der Waals surface area contributed by atoms with Gasteiger partial charge in [-0.2, -0.15) is 0 Å². The van der Waals surface area contributed by atoms with Crippen molar-refractivity contribution in [3.63, 3.8) is 0 Å². The van der Waals surface area contributed by atoms with Gasteiger partial charge >= 0.3 is 0 Å². The number of H-pyrrole nitrogens is 1. The van der Waals surface area contributed by atoms with Crippen molar-refractivity contribution < 1.29 is 8.78 Å². The standard InChI is InChI=1S/C12H13F2N3/c1-12(3-2-4-15-12)11-16-9-5-7(13)8(14)6-10(9)17-11/h5-6,15H,2-4H2,1H3,(H,16,17). The molecule has 1 aromatic heterocycles. The summed E-state index contributed by atoms with van der Waals surface area (Å²) in [6, 6.07) is 2.28. The van der Waals surface area contributed by atoms with Gasteiger partial charge < -0.3 is 10.3 Å². The zero-order chi connectivity index (χ0) is 12.0. The molecule has 17 heavy (non-hydrogen) atoms. The summed E-state index contributed by atoms with van der Waals surface area (Å²) in [5.74, 6) is -0.965. The minimum atomic E-state index is -0.861. The first kappa shape index (κ1) is 10.7. The lowest BCUT2D eigenvalue weighted by molar-refractivity contribution is 0.412. The number of aromatic amines is 1. The Hall–Kier alpha value is -1.49. The monoisotopic (exact) mass is 237 g/mol. The minimum absolute atomic E-state index is 0.216. The molecule has 0 spiro atoms. The van der Waals surface area contributed by atoms with Crippen LogP contribution in [0.4, 0.5) is 8.78 Å². The Bertz CT molecular complexity index is 531. The number of aromatic nitrogens is 2. The maximum absolute atomic E-state index is 13.1. The molecule has 0 bridgehead atoms. The van der Waals surface area contributed by atoms with Crippen LogP contribution in [0.5, 0.6) is 0 Å². The van der Waals surface area contributed by atoms with Gasteiger partial charge in [-0.3, -0.25) is 0 Å². The molecule has 1 aliphatic rings. The van der Waals surface area contributed by atoms with E-state index in [9.17, 15) is 8.78 Å². The second-order valence-electron chi connectivity index (χ2n) is 4.73. The fourth-order valence-electron chi connectivity index (χ4n) is 2.36. The Morgan fingerprint density at radius 1 is 1.29 bits per heavy atom. The molecule has 1 saturated heterocycles. The molecule has 1 fully saturated rings. The molecule has 1 aromatic carbocycles. The van der Waals surface area contributed by atoms with Crippen LogP contribution >= 0.6 is 0 Å². The minimum Gasteiger partial charge on any atom is -0.340 e. The van der Waals surface area contributed by atoms with Gasteiger partial charge in [-0.1, -0.05) is 0 Å². The first-order valence-corrected chi connectivity index (χ1v) is 5.69. The van der Waals surface area contributed by atoms with Crippen LogP contribution in [-0.2, 0) is 5.54 Å². The zero-order valence-corrected chi connectivity index (χ0v) is 9.48. The van der Waals surface area contributed by atoms with Crippen molar-refractivity contribution >= 4 is 11.0 Å². The van der Waals surface area contributed by atoms with E-state index in [0.717, 1.165) is 37.3 Å². The summed E-state index contributed by atoms with van der Waals surface area (Å²) >= 11 is 0. The van der Waals surface area contributed by atoms with Crippen LogP contribution in [0.25, 0.3) is 11.0 Å². The van der Waals surface area contributed by atoms with Crippen molar-refractivity contribution in [3.05, 3.63) is 29.6 Å². The molecule has 0 saturated carbocycles. The Kier molecular flexibility index (Phi) is 2.19. The highest BCUT2D eigenvalue weighted by Gasteiger charge is 2.33. The molecule has 5 heteroatoms. The van der Waals surface area contributed by atoms with Gasteiger partial charge in [-0.05, 0) is 26.3 Å².